The molecule has 0 amide bonds. The summed E-state index contributed by atoms with van der Waals surface area (Å²) in [6, 6.07) is 16.4. The zero-order valence-corrected chi connectivity index (χ0v) is 12.9. The van der Waals surface area contributed by atoms with Crippen molar-refractivity contribution in [1.82, 2.24) is 14.8 Å². The molecule has 0 aliphatic heterocycles. The van der Waals surface area contributed by atoms with Crippen molar-refractivity contribution in [2.24, 2.45) is 0 Å². The third kappa shape index (κ3) is 3.65. The number of hydrogen-bond donors (Lipinski definition) is 0. The maximum atomic E-state index is 6.37. The molecule has 3 nitrogen and oxygen atoms in total. The molecule has 0 fully saturated rings. The van der Waals surface area contributed by atoms with Crippen LogP contribution in [0.4, 0.5) is 0 Å². The fraction of sp³-hybridized carbons (Fsp3) is 0.125. The zero-order valence-electron chi connectivity index (χ0n) is 11.3. The second kappa shape index (κ2) is 6.78. The first kappa shape index (κ1) is 14.2. The highest BCUT2D eigenvalue weighted by Gasteiger charge is 2.09. The Morgan fingerprint density at radius 2 is 1.90 bits per heavy atom. The van der Waals surface area contributed by atoms with Gasteiger partial charge >= 0.3 is 0 Å². The first-order valence-corrected chi connectivity index (χ1v) is 7.96. The molecule has 3 rings (SSSR count). The standard InChI is InChI=1S/C16H14ClN3S/c17-15-8-4-7-14(9-20-12-18-11-19-20)16(15)21-10-13-5-2-1-3-6-13/h1-8,11-12H,9-10H2. The number of nitrogens with zero attached hydrogens (tertiary/aromatic N) is 3. The fourth-order valence-corrected chi connectivity index (χ4v) is 3.44. The van der Waals surface area contributed by atoms with Crippen LogP contribution in [0.15, 0.2) is 66.1 Å². The second-order valence-corrected chi connectivity index (χ2v) is 5.99. The summed E-state index contributed by atoms with van der Waals surface area (Å²) in [5, 5.41) is 4.94. The van der Waals surface area contributed by atoms with Gasteiger partial charge in [0.25, 0.3) is 0 Å². The van der Waals surface area contributed by atoms with Crippen LogP contribution in [0, 0.1) is 0 Å². The summed E-state index contributed by atoms with van der Waals surface area (Å²) in [6.07, 6.45) is 3.26. The van der Waals surface area contributed by atoms with Crippen molar-refractivity contribution in [3.63, 3.8) is 0 Å². The molecule has 0 saturated heterocycles. The molecule has 5 heteroatoms. The van der Waals surface area contributed by atoms with Crippen LogP contribution in [0.5, 0.6) is 0 Å². The Kier molecular flexibility index (Phi) is 4.58. The maximum Gasteiger partial charge on any atom is 0.137 e. The topological polar surface area (TPSA) is 30.7 Å². The van der Waals surface area contributed by atoms with E-state index in [-0.39, 0.29) is 0 Å². The van der Waals surface area contributed by atoms with Crippen molar-refractivity contribution in [2.75, 3.05) is 0 Å². The molecule has 2 aromatic carbocycles. The number of benzene rings is 2. The Hall–Kier alpha value is -1.78. The van der Waals surface area contributed by atoms with Gasteiger partial charge in [-0.2, -0.15) is 5.10 Å². The minimum Gasteiger partial charge on any atom is -0.249 e. The predicted molar refractivity (Wildman–Crippen MR) is 86.6 cm³/mol. The van der Waals surface area contributed by atoms with Gasteiger partial charge in [0.05, 0.1) is 11.6 Å². The molecule has 0 saturated carbocycles. The van der Waals surface area contributed by atoms with Crippen molar-refractivity contribution in [1.29, 1.82) is 0 Å². The molecule has 3 aromatic rings. The lowest BCUT2D eigenvalue weighted by atomic mass is 10.2. The number of halogens is 1. The molecule has 0 spiro atoms. The van der Waals surface area contributed by atoms with Crippen molar-refractivity contribution in [2.45, 2.75) is 17.2 Å². The van der Waals surface area contributed by atoms with Crippen molar-refractivity contribution >= 4 is 23.4 Å². The van der Waals surface area contributed by atoms with Crippen LogP contribution in [-0.4, -0.2) is 14.8 Å². The van der Waals surface area contributed by atoms with Gasteiger partial charge in [0.15, 0.2) is 0 Å². The largest absolute Gasteiger partial charge is 0.249 e. The SMILES string of the molecule is Clc1cccc(Cn2cncn2)c1SCc1ccccc1. The van der Waals surface area contributed by atoms with E-state index >= 15 is 0 Å². The van der Waals surface area contributed by atoms with Crippen LogP contribution in [0.1, 0.15) is 11.1 Å². The third-order valence-corrected chi connectivity index (χ3v) is 4.75. The Morgan fingerprint density at radius 1 is 1.05 bits per heavy atom. The number of rotatable bonds is 5. The Bertz CT molecular complexity index is 699. The lowest BCUT2D eigenvalue weighted by Crippen LogP contribution is -2.01. The summed E-state index contributed by atoms with van der Waals surface area (Å²) in [5.41, 5.74) is 2.45. The summed E-state index contributed by atoms with van der Waals surface area (Å²) in [4.78, 5) is 5.09. The number of hydrogen-bond acceptors (Lipinski definition) is 3. The molecular weight excluding hydrogens is 302 g/mol. The molecular formula is C16H14ClN3S. The average molecular weight is 316 g/mol. The van der Waals surface area contributed by atoms with Crippen LogP contribution >= 0.6 is 23.4 Å². The first-order valence-electron chi connectivity index (χ1n) is 6.59. The highest BCUT2D eigenvalue weighted by Crippen LogP contribution is 2.33. The normalized spacial score (nSPS) is 10.7. The van der Waals surface area contributed by atoms with Crippen LogP contribution in [0.3, 0.4) is 0 Å². The number of aromatic nitrogens is 3. The van der Waals surface area contributed by atoms with Crippen LogP contribution in [0.25, 0.3) is 0 Å². The quantitative estimate of drug-likeness (QED) is 0.659. The predicted octanol–water partition coefficient (Wildman–Crippen LogP) is 4.27. The van der Waals surface area contributed by atoms with Gasteiger partial charge in [0.2, 0.25) is 0 Å². The van der Waals surface area contributed by atoms with Gasteiger partial charge in [0, 0.05) is 10.6 Å². The molecule has 106 valence electrons. The molecule has 21 heavy (non-hydrogen) atoms. The van der Waals surface area contributed by atoms with Gasteiger partial charge in [-0.05, 0) is 17.2 Å². The van der Waals surface area contributed by atoms with E-state index in [4.69, 9.17) is 11.6 Å². The van der Waals surface area contributed by atoms with Crippen molar-refractivity contribution < 1.29 is 0 Å². The van der Waals surface area contributed by atoms with E-state index in [2.05, 4.69) is 40.4 Å². The zero-order chi connectivity index (χ0) is 14.5. The summed E-state index contributed by atoms with van der Waals surface area (Å²) in [7, 11) is 0. The Labute approximate surface area is 133 Å². The fourth-order valence-electron chi connectivity index (χ4n) is 2.06. The van der Waals surface area contributed by atoms with Gasteiger partial charge in [-0.3, -0.25) is 0 Å². The first-order chi connectivity index (χ1) is 10.3. The molecule has 0 aliphatic rings. The second-order valence-electron chi connectivity index (χ2n) is 4.60. The van der Waals surface area contributed by atoms with Crippen LogP contribution < -0.4 is 0 Å². The highest BCUT2D eigenvalue weighted by atomic mass is 35.5. The van der Waals surface area contributed by atoms with E-state index in [0.717, 1.165) is 21.2 Å². The molecule has 0 bridgehead atoms. The van der Waals surface area contributed by atoms with Crippen LogP contribution in [-0.2, 0) is 12.3 Å². The van der Waals surface area contributed by atoms with E-state index in [9.17, 15) is 0 Å². The monoisotopic (exact) mass is 315 g/mol. The van der Waals surface area contributed by atoms with Crippen LogP contribution in [0.2, 0.25) is 5.02 Å². The summed E-state index contributed by atoms with van der Waals surface area (Å²) < 4.78 is 1.80. The van der Waals surface area contributed by atoms with Gasteiger partial charge in [-0.15, -0.1) is 11.8 Å². The molecule has 1 aromatic heterocycles. The molecule has 0 atom stereocenters. The smallest absolute Gasteiger partial charge is 0.137 e. The molecule has 1 heterocycles. The van der Waals surface area contributed by atoms with Crippen molar-refractivity contribution in [3.05, 3.63) is 77.3 Å². The van der Waals surface area contributed by atoms with Gasteiger partial charge in [-0.1, -0.05) is 54.1 Å². The number of thioether (sulfide) groups is 1. The Morgan fingerprint density at radius 3 is 2.67 bits per heavy atom. The molecule has 0 unspecified atom stereocenters. The van der Waals surface area contributed by atoms with E-state index in [1.165, 1.54) is 5.56 Å². The average Bonchev–Trinajstić information content (AvgIpc) is 3.01. The minimum atomic E-state index is 0.678. The Balaban J connectivity index is 1.80. The van der Waals surface area contributed by atoms with E-state index in [1.54, 1.807) is 29.1 Å². The van der Waals surface area contributed by atoms with E-state index in [0.29, 0.717) is 6.54 Å². The lowest BCUT2D eigenvalue weighted by molar-refractivity contribution is 0.677. The summed E-state index contributed by atoms with van der Waals surface area (Å²) >= 11 is 8.12. The third-order valence-electron chi connectivity index (χ3n) is 3.07. The van der Waals surface area contributed by atoms with Gasteiger partial charge in [-0.25, -0.2) is 9.67 Å². The highest BCUT2D eigenvalue weighted by molar-refractivity contribution is 7.98. The van der Waals surface area contributed by atoms with Gasteiger partial charge in [0.1, 0.15) is 12.7 Å². The molecule has 0 N–H and O–H groups in total. The molecule has 0 radical (unpaired) electrons. The summed E-state index contributed by atoms with van der Waals surface area (Å²) in [5.74, 6) is 0.898. The van der Waals surface area contributed by atoms with E-state index in [1.807, 2.05) is 18.2 Å². The van der Waals surface area contributed by atoms with Gasteiger partial charge < -0.3 is 0 Å². The minimum absolute atomic E-state index is 0.678. The van der Waals surface area contributed by atoms with E-state index < -0.39 is 0 Å². The maximum absolute atomic E-state index is 6.37. The lowest BCUT2D eigenvalue weighted by Gasteiger charge is -2.11. The molecule has 0 aliphatic carbocycles. The summed E-state index contributed by atoms with van der Waals surface area (Å²) in [6.45, 7) is 0.678. The van der Waals surface area contributed by atoms with Crippen molar-refractivity contribution in [3.8, 4) is 0 Å².